The molecular weight excluding hydrogens is 240 g/mol. The fourth-order valence-electron chi connectivity index (χ4n) is 1.65. The third-order valence-corrected chi connectivity index (χ3v) is 3.41. The molecule has 0 aromatic carbocycles. The topological polar surface area (TPSA) is 72.6 Å². The molecule has 0 spiro atoms. The lowest BCUT2D eigenvalue weighted by atomic mass is 10.1. The van der Waals surface area contributed by atoms with Crippen LogP contribution in [0.4, 0.5) is 9.59 Å². The molecule has 1 heterocycles. The van der Waals surface area contributed by atoms with Crippen molar-refractivity contribution in [2.75, 3.05) is 13.1 Å². The average Bonchev–Trinajstić information content (AvgIpc) is 2.15. The molecule has 1 fully saturated rings. The van der Waals surface area contributed by atoms with Crippen LogP contribution in [0.5, 0.6) is 0 Å². The Morgan fingerprint density at radius 3 is 2.24 bits per heavy atom. The van der Waals surface area contributed by atoms with E-state index in [1.165, 1.54) is 0 Å². The molecule has 1 saturated heterocycles. The Morgan fingerprint density at radius 1 is 1.29 bits per heavy atom. The SMILES string of the molecule is CC(C)(C)OC(=O)N1CCC(SC(N)=O)CC1. The van der Waals surface area contributed by atoms with Crippen LogP contribution in [0.25, 0.3) is 0 Å². The molecule has 0 unspecified atom stereocenters. The predicted octanol–water partition coefficient (Wildman–Crippen LogP) is 2.20. The largest absolute Gasteiger partial charge is 0.444 e. The number of carbonyl (C=O) groups excluding carboxylic acids is 2. The van der Waals surface area contributed by atoms with Crippen LogP contribution in [0, 0.1) is 0 Å². The first kappa shape index (κ1) is 14.2. The number of thioether (sulfide) groups is 1. The molecule has 6 heteroatoms. The molecule has 2 amide bonds. The first-order valence-electron chi connectivity index (χ1n) is 5.72. The quantitative estimate of drug-likeness (QED) is 0.784. The van der Waals surface area contributed by atoms with Crippen LogP contribution in [0.1, 0.15) is 33.6 Å². The Hall–Kier alpha value is -0.910. The fraction of sp³-hybridized carbons (Fsp3) is 0.818. The predicted molar refractivity (Wildman–Crippen MR) is 68.0 cm³/mol. The number of ether oxygens (including phenoxy) is 1. The molecule has 0 aromatic rings. The summed E-state index contributed by atoms with van der Waals surface area (Å²) in [6.07, 6.45) is 1.29. The number of piperidine rings is 1. The van der Waals surface area contributed by atoms with Gasteiger partial charge < -0.3 is 15.4 Å². The van der Waals surface area contributed by atoms with E-state index in [-0.39, 0.29) is 16.6 Å². The zero-order chi connectivity index (χ0) is 13.1. The Labute approximate surface area is 106 Å². The van der Waals surface area contributed by atoms with E-state index in [1.54, 1.807) is 4.90 Å². The highest BCUT2D eigenvalue weighted by Gasteiger charge is 2.27. The summed E-state index contributed by atoms with van der Waals surface area (Å²) in [5.74, 6) is 0. The highest BCUT2D eigenvalue weighted by Crippen LogP contribution is 2.24. The van der Waals surface area contributed by atoms with Crippen LogP contribution in [0.15, 0.2) is 0 Å². The van der Waals surface area contributed by atoms with E-state index in [2.05, 4.69) is 0 Å². The van der Waals surface area contributed by atoms with Gasteiger partial charge in [-0.3, -0.25) is 4.79 Å². The molecular formula is C11H20N2O3S. The second-order valence-corrected chi connectivity index (χ2v) is 6.41. The number of nitrogens with zero attached hydrogens (tertiary/aromatic N) is 1. The molecule has 1 rings (SSSR count). The summed E-state index contributed by atoms with van der Waals surface area (Å²) in [6, 6.07) is 0. The maximum Gasteiger partial charge on any atom is 0.410 e. The third kappa shape index (κ3) is 5.30. The van der Waals surface area contributed by atoms with Gasteiger partial charge in [-0.15, -0.1) is 0 Å². The molecule has 0 radical (unpaired) electrons. The normalized spacial score (nSPS) is 17.9. The second kappa shape index (κ2) is 5.62. The molecule has 1 aliphatic heterocycles. The van der Waals surface area contributed by atoms with Crippen molar-refractivity contribution >= 4 is 23.1 Å². The maximum absolute atomic E-state index is 11.7. The zero-order valence-electron chi connectivity index (χ0n) is 10.6. The van der Waals surface area contributed by atoms with Gasteiger partial charge >= 0.3 is 6.09 Å². The van der Waals surface area contributed by atoms with Gasteiger partial charge in [0, 0.05) is 18.3 Å². The van der Waals surface area contributed by atoms with E-state index in [0.29, 0.717) is 13.1 Å². The van der Waals surface area contributed by atoms with Gasteiger partial charge in [0.05, 0.1) is 0 Å². The smallest absolute Gasteiger partial charge is 0.410 e. The van der Waals surface area contributed by atoms with Crippen LogP contribution in [0.2, 0.25) is 0 Å². The Balaban J connectivity index is 2.36. The van der Waals surface area contributed by atoms with Gasteiger partial charge in [-0.25, -0.2) is 4.79 Å². The van der Waals surface area contributed by atoms with Gasteiger partial charge in [0.25, 0.3) is 5.24 Å². The van der Waals surface area contributed by atoms with Crippen molar-refractivity contribution < 1.29 is 14.3 Å². The summed E-state index contributed by atoms with van der Waals surface area (Å²) in [5.41, 5.74) is 4.66. The molecule has 98 valence electrons. The van der Waals surface area contributed by atoms with E-state index in [0.717, 1.165) is 24.6 Å². The lowest BCUT2D eigenvalue weighted by Crippen LogP contribution is -2.42. The summed E-state index contributed by atoms with van der Waals surface area (Å²) >= 11 is 1.16. The van der Waals surface area contributed by atoms with Crippen LogP contribution < -0.4 is 5.73 Å². The summed E-state index contributed by atoms with van der Waals surface area (Å²) < 4.78 is 5.28. The van der Waals surface area contributed by atoms with Crippen molar-refractivity contribution in [2.45, 2.75) is 44.5 Å². The molecule has 1 aliphatic rings. The van der Waals surface area contributed by atoms with Gasteiger partial charge in [0.1, 0.15) is 5.60 Å². The molecule has 2 N–H and O–H groups in total. The minimum absolute atomic E-state index is 0.228. The van der Waals surface area contributed by atoms with Crippen LogP contribution in [0.3, 0.4) is 0 Å². The Kier molecular flexibility index (Phi) is 4.68. The monoisotopic (exact) mass is 260 g/mol. The zero-order valence-corrected chi connectivity index (χ0v) is 11.4. The lowest BCUT2D eigenvalue weighted by Gasteiger charge is -2.32. The van der Waals surface area contributed by atoms with E-state index in [1.807, 2.05) is 20.8 Å². The Bertz CT molecular complexity index is 294. The van der Waals surface area contributed by atoms with Crippen molar-refractivity contribution in [3.8, 4) is 0 Å². The van der Waals surface area contributed by atoms with E-state index in [9.17, 15) is 9.59 Å². The van der Waals surface area contributed by atoms with Crippen LogP contribution >= 0.6 is 11.8 Å². The minimum atomic E-state index is -0.462. The van der Waals surface area contributed by atoms with Gasteiger partial charge in [-0.05, 0) is 33.6 Å². The fourth-order valence-corrected chi connectivity index (χ4v) is 2.42. The van der Waals surface area contributed by atoms with Gasteiger partial charge in [-0.2, -0.15) is 0 Å². The summed E-state index contributed by atoms with van der Waals surface area (Å²) in [7, 11) is 0. The van der Waals surface area contributed by atoms with Gasteiger partial charge in [-0.1, -0.05) is 11.8 Å². The van der Waals surface area contributed by atoms with E-state index in [4.69, 9.17) is 10.5 Å². The first-order chi connectivity index (χ1) is 7.78. The third-order valence-electron chi connectivity index (χ3n) is 2.38. The van der Waals surface area contributed by atoms with Gasteiger partial charge in [0.2, 0.25) is 0 Å². The number of likely N-dealkylation sites (tertiary alicyclic amines) is 1. The molecule has 5 nitrogen and oxygen atoms in total. The van der Waals surface area contributed by atoms with E-state index < -0.39 is 5.60 Å². The maximum atomic E-state index is 11.7. The van der Waals surface area contributed by atoms with E-state index >= 15 is 0 Å². The van der Waals surface area contributed by atoms with Crippen LogP contribution in [-0.2, 0) is 4.74 Å². The average molecular weight is 260 g/mol. The second-order valence-electron chi connectivity index (χ2n) is 5.10. The number of primary amides is 1. The van der Waals surface area contributed by atoms with Crippen molar-refractivity contribution in [3.63, 3.8) is 0 Å². The summed E-state index contributed by atoms with van der Waals surface area (Å²) in [6.45, 7) is 6.79. The minimum Gasteiger partial charge on any atom is -0.444 e. The molecule has 0 atom stereocenters. The summed E-state index contributed by atoms with van der Waals surface area (Å²) in [5, 5.41) is -0.119. The van der Waals surface area contributed by atoms with Crippen LogP contribution in [-0.4, -0.2) is 40.2 Å². The molecule has 0 saturated carbocycles. The highest BCUT2D eigenvalue weighted by molar-refractivity contribution is 8.14. The molecule has 17 heavy (non-hydrogen) atoms. The van der Waals surface area contributed by atoms with Crippen molar-refractivity contribution in [1.29, 1.82) is 0 Å². The Morgan fingerprint density at radius 2 is 1.82 bits per heavy atom. The number of amides is 2. The standard InChI is InChI=1S/C11H20N2O3S/c1-11(2,3)16-10(15)13-6-4-8(5-7-13)17-9(12)14/h8H,4-7H2,1-3H3,(H2,12,14). The number of hydrogen-bond donors (Lipinski definition) is 1. The molecule has 0 aromatic heterocycles. The van der Waals surface area contributed by atoms with Gasteiger partial charge in [0.15, 0.2) is 0 Å². The number of hydrogen-bond acceptors (Lipinski definition) is 4. The number of carbonyl (C=O) groups is 2. The number of rotatable bonds is 1. The number of nitrogens with two attached hydrogens (primary N) is 1. The van der Waals surface area contributed by atoms with Crippen molar-refractivity contribution in [3.05, 3.63) is 0 Å². The summed E-state index contributed by atoms with van der Waals surface area (Å²) in [4.78, 5) is 24.2. The highest BCUT2D eigenvalue weighted by atomic mass is 32.2. The molecule has 0 bridgehead atoms. The van der Waals surface area contributed by atoms with Crippen molar-refractivity contribution in [1.82, 2.24) is 4.90 Å². The molecule has 0 aliphatic carbocycles. The first-order valence-corrected chi connectivity index (χ1v) is 6.60. The van der Waals surface area contributed by atoms with Crippen molar-refractivity contribution in [2.24, 2.45) is 5.73 Å². The lowest BCUT2D eigenvalue weighted by molar-refractivity contribution is 0.0219.